The molecule has 0 aliphatic rings. The maximum Gasteiger partial charge on any atom is 0.408 e. The van der Waals surface area contributed by atoms with Crippen LogP contribution in [-0.2, 0) is 43.1 Å². The van der Waals surface area contributed by atoms with Crippen LogP contribution in [0.1, 0.15) is 37.1 Å². The van der Waals surface area contributed by atoms with Crippen LogP contribution in [-0.4, -0.2) is 63.1 Å². The lowest BCUT2D eigenvalue weighted by Gasteiger charge is -2.26. The molecule has 0 bridgehead atoms. The Balaban J connectivity index is 1.58. The standard InChI is InChI=1S/C34H38N5O8P/c1-3-22(2)33(47-48(45)20-30(40)41)39-32(43)29(17-26-18-35-21-36-26)37-31(42)28(38-34(44)46-19-23-10-5-4-6-11-23)16-25-14-9-13-24-12-7-8-15-27(24)25/h4-15,18,20-22,28-29,33H,3,16-17,19H2,1-2H3,(H,35,36)(H,37,42)(H,38,44)(H,39,43)(H,40,41)/t22?,28-,29-,33+/m1/s1. The molecule has 252 valence electrons. The number of nitrogens with one attached hydrogen (secondary N) is 4. The van der Waals surface area contributed by atoms with E-state index in [1.165, 1.54) is 6.33 Å². The molecular formula is C34H38N5O8P. The van der Waals surface area contributed by atoms with E-state index < -0.39 is 50.2 Å². The number of carbonyl (C=O) groups excluding carboxylic acids is 3. The summed E-state index contributed by atoms with van der Waals surface area (Å²) < 4.78 is 10.8. The summed E-state index contributed by atoms with van der Waals surface area (Å²) in [5.41, 5.74) is 2.01. The van der Waals surface area contributed by atoms with Crippen LogP contribution in [0.15, 0.2) is 85.3 Å². The minimum atomic E-state index is -2.74. The van der Waals surface area contributed by atoms with Crippen molar-refractivity contribution >= 4 is 48.4 Å². The summed E-state index contributed by atoms with van der Waals surface area (Å²) in [6.45, 7) is 3.55. The first kappa shape index (κ1) is 35.7. The lowest BCUT2D eigenvalue weighted by atomic mass is 9.98. The van der Waals surface area contributed by atoms with Crippen LogP contribution in [0.25, 0.3) is 10.8 Å². The third-order valence-electron chi connectivity index (χ3n) is 7.60. The van der Waals surface area contributed by atoms with Gasteiger partial charge in [-0.3, -0.25) is 9.59 Å². The number of alkyl carbamates (subject to hydrolysis) is 1. The molecular weight excluding hydrogens is 637 g/mol. The highest BCUT2D eigenvalue weighted by Gasteiger charge is 2.32. The molecule has 1 heterocycles. The van der Waals surface area contributed by atoms with Gasteiger partial charge in [0.1, 0.15) is 18.7 Å². The number of imidazole rings is 1. The number of aromatic amines is 1. The van der Waals surface area contributed by atoms with Crippen LogP contribution in [0, 0.1) is 5.92 Å². The summed E-state index contributed by atoms with van der Waals surface area (Å²) in [6, 6.07) is 20.0. The van der Waals surface area contributed by atoms with E-state index in [-0.39, 0.29) is 25.4 Å². The van der Waals surface area contributed by atoms with Gasteiger partial charge in [-0.1, -0.05) is 86.6 Å². The summed E-state index contributed by atoms with van der Waals surface area (Å²) in [5.74, 6) is -2.65. The van der Waals surface area contributed by atoms with Crippen LogP contribution in [0.4, 0.5) is 4.79 Å². The molecule has 0 aliphatic heterocycles. The Kier molecular flexibility index (Phi) is 13.2. The van der Waals surface area contributed by atoms with Crippen LogP contribution < -0.4 is 20.8 Å². The number of hydrogen-bond acceptors (Lipinski definition) is 8. The normalized spacial score (nSPS) is 13.9. The largest absolute Gasteiger partial charge is 0.603 e. The van der Waals surface area contributed by atoms with Crippen molar-refractivity contribution in [1.82, 2.24) is 25.9 Å². The monoisotopic (exact) mass is 675 g/mol. The molecule has 0 spiro atoms. The quantitative estimate of drug-likeness (QED) is 0.0876. The molecule has 3 aromatic carbocycles. The Hall–Kier alpha value is -5.10. The number of nitrogens with zero attached hydrogens (tertiary/aromatic N) is 1. The minimum absolute atomic E-state index is 0.0158. The molecule has 0 radical (unpaired) electrons. The predicted molar refractivity (Wildman–Crippen MR) is 179 cm³/mol. The molecule has 3 amide bonds. The number of amides is 3. The summed E-state index contributed by atoms with van der Waals surface area (Å²) in [5, 5.41) is 18.9. The second-order valence-electron chi connectivity index (χ2n) is 11.1. The van der Waals surface area contributed by atoms with Gasteiger partial charge in [-0.2, -0.15) is 4.52 Å². The number of aromatic nitrogens is 2. The number of carboxylic acid groups (broad SMARTS) is 1. The molecule has 4 aromatic rings. The highest BCUT2D eigenvalue weighted by atomic mass is 31.1. The average molecular weight is 676 g/mol. The van der Waals surface area contributed by atoms with Crippen molar-refractivity contribution in [3.05, 3.63) is 102 Å². The van der Waals surface area contributed by atoms with Gasteiger partial charge < -0.3 is 35.7 Å². The number of benzene rings is 3. The van der Waals surface area contributed by atoms with Gasteiger partial charge in [-0.25, -0.2) is 14.6 Å². The van der Waals surface area contributed by atoms with E-state index in [1.807, 2.05) is 67.6 Å². The zero-order valence-corrected chi connectivity index (χ0v) is 27.4. The van der Waals surface area contributed by atoms with Crippen LogP contribution in [0.5, 0.6) is 0 Å². The van der Waals surface area contributed by atoms with E-state index in [0.29, 0.717) is 17.9 Å². The number of aliphatic carboxylic acids is 1. The highest BCUT2D eigenvalue weighted by molar-refractivity contribution is 7.47. The number of carboxylic acids is 1. The topological polar surface area (TPSA) is 195 Å². The first-order valence-electron chi connectivity index (χ1n) is 15.4. The fourth-order valence-electron chi connectivity index (χ4n) is 4.86. The minimum Gasteiger partial charge on any atom is -0.603 e. The number of rotatable bonds is 16. The third kappa shape index (κ3) is 10.7. The Morgan fingerprint density at radius 1 is 0.938 bits per heavy atom. The summed E-state index contributed by atoms with van der Waals surface area (Å²) >= 11 is 0. The van der Waals surface area contributed by atoms with E-state index in [1.54, 1.807) is 25.3 Å². The molecule has 0 fully saturated rings. The van der Waals surface area contributed by atoms with E-state index >= 15 is 0 Å². The molecule has 0 aliphatic carbocycles. The molecule has 0 saturated heterocycles. The van der Waals surface area contributed by atoms with Crippen molar-refractivity contribution in [3.8, 4) is 0 Å². The fourth-order valence-corrected chi connectivity index (χ4v) is 5.59. The molecule has 4 rings (SSSR count). The van der Waals surface area contributed by atoms with E-state index in [9.17, 15) is 24.1 Å². The molecule has 14 heteroatoms. The average Bonchev–Trinajstić information content (AvgIpc) is 3.59. The number of carbonyl (C=O) groups is 4. The molecule has 1 aromatic heterocycles. The maximum absolute atomic E-state index is 14.0. The lowest BCUT2D eigenvalue weighted by Crippen LogP contribution is -2.57. The second-order valence-corrected chi connectivity index (χ2v) is 12.1. The lowest BCUT2D eigenvalue weighted by molar-refractivity contribution is -0.178. The van der Waals surface area contributed by atoms with Gasteiger partial charge in [0.2, 0.25) is 25.6 Å². The van der Waals surface area contributed by atoms with E-state index in [2.05, 4.69) is 25.9 Å². The van der Waals surface area contributed by atoms with E-state index in [0.717, 1.165) is 21.9 Å². The number of hydrogen-bond donors (Lipinski definition) is 5. The van der Waals surface area contributed by atoms with Crippen LogP contribution >= 0.6 is 8.00 Å². The summed E-state index contributed by atoms with van der Waals surface area (Å²) in [7, 11) is -2.74. The SMILES string of the molecule is CCC(C)[C@@H](NC(=O)[C@@H](Cc1c[nH]cn1)NC(=O)[C@@H](Cc1cccc2ccccc12)NC(=O)OCc1ccccc1)O/[P+]([O-])=C/C(=O)O. The number of H-pyrrole nitrogens is 1. The number of ether oxygens (including phenoxy) is 1. The van der Waals surface area contributed by atoms with Crippen LogP contribution in [0.2, 0.25) is 0 Å². The van der Waals surface area contributed by atoms with Gasteiger partial charge in [0, 0.05) is 25.0 Å². The first-order chi connectivity index (χ1) is 23.1. The van der Waals surface area contributed by atoms with Gasteiger partial charge in [0.15, 0.2) is 6.23 Å². The van der Waals surface area contributed by atoms with Crippen molar-refractivity contribution in [3.63, 3.8) is 0 Å². The molecule has 2 unspecified atom stereocenters. The van der Waals surface area contributed by atoms with Crippen molar-refractivity contribution in [1.29, 1.82) is 0 Å². The Labute approximate surface area is 278 Å². The fraction of sp³-hybridized carbons (Fsp3) is 0.294. The third-order valence-corrected chi connectivity index (χ3v) is 8.47. The Morgan fingerprint density at radius 3 is 2.33 bits per heavy atom. The predicted octanol–water partition coefficient (Wildman–Crippen LogP) is 3.19. The van der Waals surface area contributed by atoms with Gasteiger partial charge in [-0.05, 0) is 28.3 Å². The molecule has 48 heavy (non-hydrogen) atoms. The van der Waals surface area contributed by atoms with Gasteiger partial charge >= 0.3 is 12.1 Å². The molecule has 0 saturated carbocycles. The molecule has 5 atom stereocenters. The zero-order valence-electron chi connectivity index (χ0n) is 26.5. The van der Waals surface area contributed by atoms with Crippen molar-refractivity contribution in [2.45, 2.75) is 58.0 Å². The first-order valence-corrected chi connectivity index (χ1v) is 16.6. The van der Waals surface area contributed by atoms with Gasteiger partial charge in [-0.15, -0.1) is 0 Å². The molecule has 5 N–H and O–H groups in total. The van der Waals surface area contributed by atoms with Crippen molar-refractivity contribution in [2.75, 3.05) is 0 Å². The highest BCUT2D eigenvalue weighted by Crippen LogP contribution is 2.22. The smallest absolute Gasteiger partial charge is 0.408 e. The summed E-state index contributed by atoms with van der Waals surface area (Å²) in [4.78, 5) is 71.0. The van der Waals surface area contributed by atoms with Crippen molar-refractivity contribution < 1.29 is 38.4 Å². The second kappa shape index (κ2) is 17.7. The maximum atomic E-state index is 14.0. The van der Waals surface area contributed by atoms with Gasteiger partial charge in [0.25, 0.3) is 0 Å². The number of fused-ring (bicyclic) bond motifs is 1. The van der Waals surface area contributed by atoms with Crippen LogP contribution in [0.3, 0.4) is 0 Å². The zero-order chi connectivity index (χ0) is 34.5. The van der Waals surface area contributed by atoms with Crippen molar-refractivity contribution in [2.24, 2.45) is 5.92 Å². The summed E-state index contributed by atoms with van der Waals surface area (Å²) in [6.07, 6.45) is 1.58. The van der Waals surface area contributed by atoms with Gasteiger partial charge in [0.05, 0.1) is 12.0 Å². The Bertz CT molecular complexity index is 1710. The Morgan fingerprint density at radius 2 is 1.62 bits per heavy atom. The van der Waals surface area contributed by atoms with E-state index in [4.69, 9.17) is 14.4 Å². The molecule has 13 nitrogen and oxygen atoms in total.